The summed E-state index contributed by atoms with van der Waals surface area (Å²) in [6, 6.07) is 15.7. The van der Waals surface area contributed by atoms with Gasteiger partial charge >= 0.3 is 0 Å². The zero-order valence-corrected chi connectivity index (χ0v) is 13.3. The van der Waals surface area contributed by atoms with E-state index in [1.165, 1.54) is 5.56 Å². The first-order valence-corrected chi connectivity index (χ1v) is 7.69. The Labute approximate surface area is 132 Å². The van der Waals surface area contributed by atoms with E-state index in [1.807, 2.05) is 42.5 Å². The number of ether oxygens (including phenoxy) is 1. The van der Waals surface area contributed by atoms with E-state index in [2.05, 4.69) is 18.3 Å². The summed E-state index contributed by atoms with van der Waals surface area (Å²) in [7, 11) is 0. The molecule has 0 fully saturated rings. The molecule has 0 bridgehead atoms. The highest BCUT2D eigenvalue weighted by molar-refractivity contribution is 5.94. The molecular weight excluding hydrogens is 274 g/mol. The molecule has 3 nitrogen and oxygen atoms in total. The van der Waals surface area contributed by atoms with Crippen LogP contribution in [0.2, 0.25) is 0 Å². The Morgan fingerprint density at radius 1 is 1.09 bits per heavy atom. The molecule has 2 aromatic rings. The van der Waals surface area contributed by atoms with Crippen molar-refractivity contribution >= 4 is 11.5 Å². The van der Waals surface area contributed by atoms with Gasteiger partial charge in [-0.05, 0) is 56.5 Å². The minimum absolute atomic E-state index is 0.0928. The minimum Gasteiger partial charge on any atom is -0.494 e. The number of hydrogen-bond donors (Lipinski definition) is 1. The van der Waals surface area contributed by atoms with Crippen LogP contribution in [0.5, 0.6) is 5.75 Å². The first-order chi connectivity index (χ1) is 10.6. The van der Waals surface area contributed by atoms with Crippen LogP contribution in [0.4, 0.5) is 5.69 Å². The molecule has 0 saturated heterocycles. The molecule has 0 amide bonds. The molecule has 0 radical (unpaired) electrons. The van der Waals surface area contributed by atoms with Crippen molar-refractivity contribution < 1.29 is 9.53 Å². The molecular formula is C19H23NO2. The quantitative estimate of drug-likeness (QED) is 0.577. The number of rotatable bonds is 8. The lowest BCUT2D eigenvalue weighted by Gasteiger charge is -2.09. The summed E-state index contributed by atoms with van der Waals surface area (Å²) in [6.45, 7) is 5.24. The van der Waals surface area contributed by atoms with E-state index in [9.17, 15) is 4.79 Å². The fraction of sp³-hybridized carbons (Fsp3) is 0.316. The van der Waals surface area contributed by atoms with Crippen molar-refractivity contribution in [1.82, 2.24) is 0 Å². The van der Waals surface area contributed by atoms with Crippen LogP contribution in [0.1, 0.15) is 35.7 Å². The number of carbonyl (C=O) groups excluding carboxylic acids is 1. The van der Waals surface area contributed by atoms with Gasteiger partial charge in [-0.3, -0.25) is 4.79 Å². The van der Waals surface area contributed by atoms with Crippen molar-refractivity contribution in [2.24, 2.45) is 0 Å². The van der Waals surface area contributed by atoms with Crippen LogP contribution in [0.25, 0.3) is 0 Å². The van der Waals surface area contributed by atoms with Crippen molar-refractivity contribution in [2.45, 2.75) is 26.7 Å². The highest BCUT2D eigenvalue weighted by Crippen LogP contribution is 2.13. The first-order valence-electron chi connectivity index (χ1n) is 7.69. The minimum atomic E-state index is 0.0928. The van der Waals surface area contributed by atoms with Gasteiger partial charge in [-0.1, -0.05) is 24.3 Å². The molecule has 0 saturated carbocycles. The van der Waals surface area contributed by atoms with Crippen LogP contribution >= 0.6 is 0 Å². The molecule has 22 heavy (non-hydrogen) atoms. The van der Waals surface area contributed by atoms with Crippen LogP contribution < -0.4 is 10.1 Å². The maximum atomic E-state index is 11.3. The second-order valence-electron chi connectivity index (χ2n) is 5.44. The smallest absolute Gasteiger partial charge is 0.159 e. The number of unbranched alkanes of at least 4 members (excludes halogenated alkanes) is 1. The van der Waals surface area contributed by atoms with Gasteiger partial charge in [0.15, 0.2) is 5.78 Å². The Hall–Kier alpha value is -2.29. The van der Waals surface area contributed by atoms with Crippen molar-refractivity contribution in [3.63, 3.8) is 0 Å². The van der Waals surface area contributed by atoms with E-state index in [4.69, 9.17) is 4.74 Å². The number of nitrogens with one attached hydrogen (secondary N) is 1. The normalized spacial score (nSPS) is 10.3. The van der Waals surface area contributed by atoms with Crippen molar-refractivity contribution in [3.8, 4) is 5.75 Å². The predicted octanol–water partition coefficient (Wildman–Crippen LogP) is 4.47. The van der Waals surface area contributed by atoms with E-state index in [0.717, 1.165) is 43.0 Å². The molecule has 0 aliphatic carbocycles. The monoisotopic (exact) mass is 297 g/mol. The Morgan fingerprint density at radius 2 is 1.91 bits per heavy atom. The summed E-state index contributed by atoms with van der Waals surface area (Å²) in [4.78, 5) is 11.3. The maximum Gasteiger partial charge on any atom is 0.159 e. The van der Waals surface area contributed by atoms with E-state index in [1.54, 1.807) is 6.92 Å². The van der Waals surface area contributed by atoms with Gasteiger partial charge < -0.3 is 10.1 Å². The predicted molar refractivity (Wildman–Crippen MR) is 90.8 cm³/mol. The number of benzene rings is 2. The molecule has 2 aromatic carbocycles. The van der Waals surface area contributed by atoms with Crippen LogP contribution in [0.15, 0.2) is 48.5 Å². The fourth-order valence-electron chi connectivity index (χ4n) is 2.20. The Kier molecular flexibility index (Phi) is 6.01. The Bertz CT molecular complexity index is 622. The summed E-state index contributed by atoms with van der Waals surface area (Å²) in [6.07, 6.45) is 2.02. The van der Waals surface area contributed by atoms with Gasteiger partial charge in [-0.2, -0.15) is 0 Å². The summed E-state index contributed by atoms with van der Waals surface area (Å²) >= 11 is 0. The van der Waals surface area contributed by atoms with Crippen LogP contribution in [0, 0.1) is 6.92 Å². The third kappa shape index (κ3) is 5.24. The summed E-state index contributed by atoms with van der Waals surface area (Å²) < 4.78 is 5.72. The van der Waals surface area contributed by atoms with Gasteiger partial charge in [0.1, 0.15) is 5.75 Å². The number of aryl methyl sites for hydroxylation is 1. The van der Waals surface area contributed by atoms with Gasteiger partial charge in [0.2, 0.25) is 0 Å². The fourth-order valence-corrected chi connectivity index (χ4v) is 2.20. The second kappa shape index (κ2) is 8.23. The molecule has 0 heterocycles. The molecule has 0 unspecified atom stereocenters. The van der Waals surface area contributed by atoms with Gasteiger partial charge in [-0.25, -0.2) is 0 Å². The van der Waals surface area contributed by atoms with Crippen LogP contribution in [-0.2, 0) is 0 Å². The second-order valence-corrected chi connectivity index (χ2v) is 5.44. The van der Waals surface area contributed by atoms with Crippen molar-refractivity contribution in [1.29, 1.82) is 0 Å². The molecule has 0 aliphatic rings. The molecule has 116 valence electrons. The summed E-state index contributed by atoms with van der Waals surface area (Å²) in [5, 5.41) is 3.34. The molecule has 0 aromatic heterocycles. The largest absolute Gasteiger partial charge is 0.494 e. The average Bonchev–Trinajstić information content (AvgIpc) is 2.51. The Balaban J connectivity index is 1.65. The zero-order chi connectivity index (χ0) is 15.8. The molecule has 3 heteroatoms. The lowest BCUT2D eigenvalue weighted by Crippen LogP contribution is -2.05. The maximum absolute atomic E-state index is 11.3. The number of Topliss-reactive ketones (excluding diaryl/α,β-unsaturated/α-hetero) is 1. The Morgan fingerprint density at radius 3 is 2.68 bits per heavy atom. The standard InChI is InChI=1S/C19H23NO2/c1-15-7-5-10-19(13-15)22-12-4-3-11-20-18-9-6-8-17(14-18)16(2)21/h5-10,13-14,20H,3-4,11-12H2,1-2H3. The van der Waals surface area contributed by atoms with Crippen LogP contribution in [-0.4, -0.2) is 18.9 Å². The van der Waals surface area contributed by atoms with Crippen LogP contribution in [0.3, 0.4) is 0 Å². The SMILES string of the molecule is CC(=O)c1cccc(NCCCCOc2cccc(C)c2)c1. The van der Waals surface area contributed by atoms with Crippen molar-refractivity contribution in [2.75, 3.05) is 18.5 Å². The number of hydrogen-bond acceptors (Lipinski definition) is 3. The first kappa shape index (κ1) is 16.1. The highest BCUT2D eigenvalue weighted by Gasteiger charge is 2.00. The third-order valence-corrected chi connectivity index (χ3v) is 3.43. The van der Waals surface area contributed by atoms with E-state index >= 15 is 0 Å². The molecule has 0 atom stereocenters. The highest BCUT2D eigenvalue weighted by atomic mass is 16.5. The number of carbonyl (C=O) groups is 1. The topological polar surface area (TPSA) is 38.3 Å². The van der Waals surface area contributed by atoms with E-state index in [-0.39, 0.29) is 5.78 Å². The lowest BCUT2D eigenvalue weighted by atomic mass is 10.1. The average molecular weight is 297 g/mol. The zero-order valence-electron chi connectivity index (χ0n) is 13.3. The lowest BCUT2D eigenvalue weighted by molar-refractivity contribution is 0.101. The molecule has 0 spiro atoms. The molecule has 2 rings (SSSR count). The third-order valence-electron chi connectivity index (χ3n) is 3.43. The van der Waals surface area contributed by atoms with E-state index < -0.39 is 0 Å². The number of anilines is 1. The van der Waals surface area contributed by atoms with E-state index in [0.29, 0.717) is 0 Å². The molecule has 0 aliphatic heterocycles. The van der Waals surface area contributed by atoms with Gasteiger partial charge in [0, 0.05) is 17.8 Å². The molecule has 1 N–H and O–H groups in total. The number of ketones is 1. The van der Waals surface area contributed by atoms with Crippen molar-refractivity contribution in [3.05, 3.63) is 59.7 Å². The summed E-state index contributed by atoms with van der Waals surface area (Å²) in [5.74, 6) is 1.03. The van der Waals surface area contributed by atoms with Gasteiger partial charge in [0.05, 0.1) is 6.61 Å². The van der Waals surface area contributed by atoms with Gasteiger partial charge in [-0.15, -0.1) is 0 Å². The summed E-state index contributed by atoms with van der Waals surface area (Å²) in [5.41, 5.74) is 2.95. The van der Waals surface area contributed by atoms with Gasteiger partial charge in [0.25, 0.3) is 0 Å².